The van der Waals surface area contributed by atoms with Gasteiger partial charge in [0.15, 0.2) is 0 Å². The van der Waals surface area contributed by atoms with E-state index in [1.165, 1.54) is 4.90 Å². The van der Waals surface area contributed by atoms with Crippen molar-refractivity contribution < 1.29 is 14.3 Å². The van der Waals surface area contributed by atoms with Gasteiger partial charge in [0.25, 0.3) is 5.91 Å². The Morgan fingerprint density at radius 3 is 2.59 bits per heavy atom. The lowest BCUT2D eigenvalue weighted by molar-refractivity contribution is -0.131. The van der Waals surface area contributed by atoms with Crippen LogP contribution < -0.4 is 10.1 Å². The number of carbonyl (C=O) groups is 2. The van der Waals surface area contributed by atoms with Crippen LogP contribution in [-0.4, -0.2) is 28.9 Å². The number of amides is 3. The van der Waals surface area contributed by atoms with Crippen LogP contribution in [0.15, 0.2) is 48.7 Å². The summed E-state index contributed by atoms with van der Waals surface area (Å²) in [7, 11) is 1.60. The molecular formula is C23H23N3O3. The van der Waals surface area contributed by atoms with E-state index in [0.717, 1.165) is 33.2 Å². The zero-order valence-corrected chi connectivity index (χ0v) is 16.9. The standard InChI is InChI=1S/C23H23N3O3/c1-14-12-24-19(15(2)20(14)29-4)13-26-21(27)23(3,25-22(26)28)18-11-7-9-16-8-5-6-10-17(16)18/h5-12H,13H2,1-4H3,(H,25,28)/t23-/m0/s1. The van der Waals surface area contributed by atoms with E-state index < -0.39 is 11.6 Å². The molecule has 1 N–H and O–H groups in total. The highest BCUT2D eigenvalue weighted by molar-refractivity contribution is 6.09. The number of benzene rings is 2. The molecule has 4 rings (SSSR count). The number of methoxy groups -OCH3 is 1. The molecule has 148 valence electrons. The van der Waals surface area contributed by atoms with E-state index in [0.29, 0.717) is 5.69 Å². The molecule has 1 aromatic heterocycles. The fourth-order valence-electron chi connectivity index (χ4n) is 4.06. The van der Waals surface area contributed by atoms with Gasteiger partial charge in [-0.1, -0.05) is 42.5 Å². The molecule has 1 fully saturated rings. The maximum absolute atomic E-state index is 13.4. The molecule has 6 heteroatoms. The van der Waals surface area contributed by atoms with Crippen molar-refractivity contribution in [3.63, 3.8) is 0 Å². The highest BCUT2D eigenvalue weighted by Gasteiger charge is 2.49. The molecule has 0 radical (unpaired) electrons. The number of aromatic nitrogens is 1. The van der Waals surface area contributed by atoms with Crippen LogP contribution in [0.2, 0.25) is 0 Å². The third kappa shape index (κ3) is 2.92. The Kier molecular flexibility index (Phi) is 4.49. The second kappa shape index (κ2) is 6.88. The van der Waals surface area contributed by atoms with Gasteiger partial charge in [-0.25, -0.2) is 4.79 Å². The van der Waals surface area contributed by atoms with Crippen LogP contribution in [0.1, 0.15) is 29.3 Å². The van der Waals surface area contributed by atoms with Crippen LogP contribution in [0.4, 0.5) is 4.79 Å². The van der Waals surface area contributed by atoms with E-state index in [1.807, 2.05) is 56.3 Å². The van der Waals surface area contributed by atoms with Crippen molar-refractivity contribution >= 4 is 22.7 Å². The van der Waals surface area contributed by atoms with E-state index in [-0.39, 0.29) is 12.5 Å². The molecule has 0 saturated carbocycles. The zero-order valence-electron chi connectivity index (χ0n) is 16.9. The predicted molar refractivity (Wildman–Crippen MR) is 111 cm³/mol. The van der Waals surface area contributed by atoms with Crippen LogP contribution in [0.3, 0.4) is 0 Å². The summed E-state index contributed by atoms with van der Waals surface area (Å²) in [6.07, 6.45) is 1.70. The number of hydrogen-bond acceptors (Lipinski definition) is 4. The summed E-state index contributed by atoms with van der Waals surface area (Å²) in [5, 5.41) is 4.86. The normalized spacial score (nSPS) is 19.0. The lowest BCUT2D eigenvalue weighted by Crippen LogP contribution is -2.41. The average molecular weight is 389 g/mol. The van der Waals surface area contributed by atoms with Crippen LogP contribution in [-0.2, 0) is 16.9 Å². The third-order valence-electron chi connectivity index (χ3n) is 5.66. The number of fused-ring (bicyclic) bond motifs is 1. The lowest BCUT2D eigenvalue weighted by Gasteiger charge is -2.24. The molecule has 2 heterocycles. The van der Waals surface area contributed by atoms with Crippen LogP contribution in [0.25, 0.3) is 10.8 Å². The number of nitrogens with one attached hydrogen (secondary N) is 1. The van der Waals surface area contributed by atoms with Crippen molar-refractivity contribution in [3.8, 4) is 5.75 Å². The largest absolute Gasteiger partial charge is 0.496 e. The molecule has 0 aliphatic carbocycles. The molecule has 1 atom stereocenters. The summed E-state index contributed by atoms with van der Waals surface area (Å²) in [5.41, 5.74) is 2.01. The van der Waals surface area contributed by atoms with Gasteiger partial charge in [-0.15, -0.1) is 0 Å². The first-order valence-electron chi connectivity index (χ1n) is 9.48. The summed E-state index contributed by atoms with van der Waals surface area (Å²) in [6, 6.07) is 13.2. The highest BCUT2D eigenvalue weighted by Crippen LogP contribution is 2.35. The Balaban J connectivity index is 1.73. The molecule has 29 heavy (non-hydrogen) atoms. The van der Waals surface area contributed by atoms with E-state index in [4.69, 9.17) is 4.74 Å². The minimum Gasteiger partial charge on any atom is -0.496 e. The van der Waals surface area contributed by atoms with E-state index in [9.17, 15) is 9.59 Å². The number of hydrogen-bond donors (Lipinski definition) is 1. The maximum Gasteiger partial charge on any atom is 0.325 e. The number of nitrogens with zero attached hydrogens (tertiary/aromatic N) is 2. The van der Waals surface area contributed by atoms with Gasteiger partial charge >= 0.3 is 6.03 Å². The minimum absolute atomic E-state index is 0.0908. The molecule has 0 unspecified atom stereocenters. The molecule has 0 bridgehead atoms. The van der Waals surface area contributed by atoms with Gasteiger partial charge in [0, 0.05) is 17.3 Å². The quantitative estimate of drug-likeness (QED) is 0.689. The van der Waals surface area contributed by atoms with Gasteiger partial charge in [-0.3, -0.25) is 14.7 Å². The highest BCUT2D eigenvalue weighted by atomic mass is 16.5. The minimum atomic E-state index is -1.14. The summed E-state index contributed by atoms with van der Waals surface area (Å²) in [5.74, 6) is 0.429. The SMILES string of the molecule is COc1c(C)cnc(CN2C(=O)N[C@@](C)(c3cccc4ccccc34)C2=O)c1C. The first-order valence-corrected chi connectivity index (χ1v) is 9.48. The number of aryl methyl sites for hydroxylation is 1. The molecule has 6 nitrogen and oxygen atoms in total. The van der Waals surface area contributed by atoms with Gasteiger partial charge in [-0.05, 0) is 37.1 Å². The second-order valence-corrected chi connectivity index (χ2v) is 7.52. The summed E-state index contributed by atoms with van der Waals surface area (Å²) < 4.78 is 5.45. The number of ether oxygens (including phenoxy) is 1. The molecule has 1 aliphatic heterocycles. The monoisotopic (exact) mass is 389 g/mol. The van der Waals surface area contributed by atoms with Crippen molar-refractivity contribution in [1.82, 2.24) is 15.2 Å². The fraction of sp³-hybridized carbons (Fsp3) is 0.261. The van der Waals surface area contributed by atoms with Crippen molar-refractivity contribution in [2.45, 2.75) is 32.9 Å². The number of carbonyl (C=O) groups excluding carboxylic acids is 2. The summed E-state index contributed by atoms with van der Waals surface area (Å²) >= 11 is 0. The van der Waals surface area contributed by atoms with E-state index in [2.05, 4.69) is 10.3 Å². The van der Waals surface area contributed by atoms with Gasteiger partial charge in [0.05, 0.1) is 19.3 Å². The molecular weight excluding hydrogens is 366 g/mol. The second-order valence-electron chi connectivity index (χ2n) is 7.52. The molecule has 0 spiro atoms. The van der Waals surface area contributed by atoms with Crippen LogP contribution in [0.5, 0.6) is 5.75 Å². The number of rotatable bonds is 4. The number of pyridine rings is 1. The fourth-order valence-corrected chi connectivity index (χ4v) is 4.06. The smallest absolute Gasteiger partial charge is 0.325 e. The summed E-state index contributed by atoms with van der Waals surface area (Å²) in [4.78, 5) is 31.8. The van der Waals surface area contributed by atoms with E-state index >= 15 is 0 Å². The zero-order chi connectivity index (χ0) is 20.8. The Morgan fingerprint density at radius 1 is 1.10 bits per heavy atom. The Labute approximate surface area is 169 Å². The first kappa shape index (κ1) is 18.9. The molecule has 2 aromatic carbocycles. The van der Waals surface area contributed by atoms with Crippen molar-refractivity contribution in [1.29, 1.82) is 0 Å². The van der Waals surface area contributed by atoms with Crippen LogP contribution in [0, 0.1) is 13.8 Å². The number of urea groups is 1. The Hall–Kier alpha value is -3.41. The van der Waals surface area contributed by atoms with Crippen molar-refractivity contribution in [2.24, 2.45) is 0 Å². The van der Waals surface area contributed by atoms with Gasteiger partial charge in [-0.2, -0.15) is 0 Å². The predicted octanol–water partition coefficient (Wildman–Crippen LogP) is 3.83. The van der Waals surface area contributed by atoms with Gasteiger partial charge in [0.2, 0.25) is 0 Å². The van der Waals surface area contributed by atoms with Gasteiger partial charge < -0.3 is 10.1 Å². The van der Waals surface area contributed by atoms with Crippen LogP contribution >= 0.6 is 0 Å². The van der Waals surface area contributed by atoms with E-state index in [1.54, 1.807) is 20.2 Å². The topological polar surface area (TPSA) is 71.5 Å². The third-order valence-corrected chi connectivity index (χ3v) is 5.66. The Bertz CT molecular complexity index is 1140. The Morgan fingerprint density at radius 2 is 1.83 bits per heavy atom. The average Bonchev–Trinajstić information content (AvgIpc) is 2.93. The number of imide groups is 1. The van der Waals surface area contributed by atoms with Crippen molar-refractivity contribution in [2.75, 3.05) is 7.11 Å². The molecule has 1 saturated heterocycles. The van der Waals surface area contributed by atoms with Gasteiger partial charge in [0.1, 0.15) is 11.3 Å². The first-order chi connectivity index (χ1) is 13.9. The molecule has 3 aromatic rings. The van der Waals surface area contributed by atoms with Crippen molar-refractivity contribution in [3.05, 3.63) is 71.0 Å². The lowest BCUT2D eigenvalue weighted by atomic mass is 9.88. The maximum atomic E-state index is 13.4. The molecule has 3 amide bonds. The molecule has 1 aliphatic rings. The summed E-state index contributed by atoms with van der Waals surface area (Å²) in [6.45, 7) is 5.64.